The Kier molecular flexibility index (Phi) is 7.49. The summed E-state index contributed by atoms with van der Waals surface area (Å²) < 4.78 is 1.35. The van der Waals surface area contributed by atoms with E-state index in [0.717, 1.165) is 37.1 Å². The number of nitrogens with one attached hydrogen (secondary N) is 1. The summed E-state index contributed by atoms with van der Waals surface area (Å²) in [4.78, 5) is 38.1. The summed E-state index contributed by atoms with van der Waals surface area (Å²) in [5.74, 6) is -0.630. The molecule has 2 aliphatic rings. The van der Waals surface area contributed by atoms with Crippen LogP contribution < -0.4 is 15.8 Å². The van der Waals surface area contributed by atoms with E-state index in [4.69, 9.17) is 11.6 Å². The minimum atomic E-state index is -0.389. The first kappa shape index (κ1) is 23.0. The number of carbonyl (C=O) groups is 2. The van der Waals surface area contributed by atoms with Gasteiger partial charge < -0.3 is 4.90 Å². The quantitative estimate of drug-likeness (QED) is 0.734. The number of benzene rings is 1. The summed E-state index contributed by atoms with van der Waals surface area (Å²) >= 11 is 6.74. The van der Waals surface area contributed by atoms with Gasteiger partial charge in [0, 0.05) is 37.8 Å². The molecule has 2 fully saturated rings. The zero-order valence-electron chi connectivity index (χ0n) is 18.2. The fourth-order valence-corrected chi connectivity index (χ4v) is 4.72. The first-order valence-corrected chi connectivity index (χ1v) is 11.2. The predicted octanol–water partition coefficient (Wildman–Crippen LogP) is 3.36. The van der Waals surface area contributed by atoms with Crippen molar-refractivity contribution in [2.45, 2.75) is 51.4 Å². The number of amides is 2. The molecule has 7 nitrogen and oxygen atoms in total. The molecule has 0 bridgehead atoms. The second kappa shape index (κ2) is 10.1. The van der Waals surface area contributed by atoms with Crippen molar-refractivity contribution < 1.29 is 9.59 Å². The fourth-order valence-electron chi connectivity index (χ4n) is 4.31. The van der Waals surface area contributed by atoms with Gasteiger partial charge in [0.05, 0.1) is 5.92 Å². The first-order chi connectivity index (χ1) is 15.0. The summed E-state index contributed by atoms with van der Waals surface area (Å²) in [6, 6.07) is 7.59. The van der Waals surface area contributed by atoms with Crippen molar-refractivity contribution in [3.63, 3.8) is 0 Å². The van der Waals surface area contributed by atoms with E-state index < -0.39 is 0 Å². The molecule has 0 aliphatic carbocycles. The highest BCUT2D eigenvalue weighted by molar-refractivity contribution is 6.32. The molecule has 0 radical (unpaired) electrons. The second-order valence-corrected chi connectivity index (χ2v) is 8.04. The third-order valence-electron chi connectivity index (χ3n) is 5.93. The number of piperidine rings is 2. The number of hydrogen-bond donors (Lipinski definition) is 1. The first-order valence-electron chi connectivity index (χ1n) is 10.8. The maximum Gasteiger partial charge on any atom is 0.290 e. The molecule has 2 amide bonds. The Hall–Kier alpha value is -2.67. The smallest absolute Gasteiger partial charge is 0.290 e. The van der Waals surface area contributed by atoms with Crippen molar-refractivity contribution in [1.82, 2.24) is 15.1 Å². The molecule has 4 rings (SSSR count). The number of imide groups is 1. The molecule has 0 spiro atoms. The number of rotatable bonds is 3. The van der Waals surface area contributed by atoms with Crippen LogP contribution in [0.3, 0.4) is 0 Å². The maximum atomic E-state index is 12.3. The van der Waals surface area contributed by atoms with Crippen LogP contribution in [0.15, 0.2) is 35.3 Å². The van der Waals surface area contributed by atoms with Gasteiger partial charge in [-0.15, -0.1) is 0 Å². The predicted molar refractivity (Wildman–Crippen MR) is 122 cm³/mol. The number of nitrogens with zero attached hydrogens (tertiary/aromatic N) is 3. The van der Waals surface area contributed by atoms with E-state index in [1.54, 1.807) is 19.3 Å². The minimum Gasteiger partial charge on any atom is -0.367 e. The third kappa shape index (κ3) is 4.82. The second-order valence-electron chi connectivity index (χ2n) is 7.66. The molecule has 1 unspecified atom stereocenters. The summed E-state index contributed by atoms with van der Waals surface area (Å²) in [6.45, 7) is 5.51. The van der Waals surface area contributed by atoms with Crippen LogP contribution in [0.5, 0.6) is 0 Å². The Balaban J connectivity index is 0.00000132. The van der Waals surface area contributed by atoms with Gasteiger partial charge in [-0.2, -0.15) is 5.10 Å². The van der Waals surface area contributed by atoms with Crippen molar-refractivity contribution in [3.05, 3.63) is 57.0 Å². The summed E-state index contributed by atoms with van der Waals surface area (Å²) in [6.07, 6.45) is 4.19. The van der Waals surface area contributed by atoms with E-state index >= 15 is 0 Å². The molecular weight excluding hydrogens is 416 g/mol. The summed E-state index contributed by atoms with van der Waals surface area (Å²) in [7, 11) is 1.65. The van der Waals surface area contributed by atoms with Crippen LogP contribution in [0.1, 0.15) is 62.5 Å². The van der Waals surface area contributed by atoms with Crippen molar-refractivity contribution >= 4 is 29.1 Å². The van der Waals surface area contributed by atoms with E-state index in [1.807, 2.05) is 32.0 Å². The molecule has 8 heteroatoms. The van der Waals surface area contributed by atoms with Gasteiger partial charge in [0.15, 0.2) is 0 Å². The molecule has 1 aromatic heterocycles. The van der Waals surface area contributed by atoms with Gasteiger partial charge in [-0.1, -0.05) is 43.6 Å². The highest BCUT2D eigenvalue weighted by atomic mass is 35.5. The number of hydrogen-bond acceptors (Lipinski definition) is 5. The molecule has 1 N–H and O–H groups in total. The van der Waals surface area contributed by atoms with Crippen LogP contribution in [0.2, 0.25) is 5.02 Å². The average Bonchev–Trinajstić information content (AvgIpc) is 2.78. The zero-order chi connectivity index (χ0) is 22.5. The lowest BCUT2D eigenvalue weighted by Gasteiger charge is -2.34. The Morgan fingerprint density at radius 1 is 1.03 bits per heavy atom. The fraction of sp³-hybridized carbons (Fsp3) is 0.478. The average molecular weight is 445 g/mol. The number of halogens is 1. The van der Waals surface area contributed by atoms with Crippen LogP contribution in [-0.4, -0.2) is 34.7 Å². The van der Waals surface area contributed by atoms with Gasteiger partial charge in [-0.3, -0.25) is 19.7 Å². The van der Waals surface area contributed by atoms with Crippen LogP contribution in [-0.2, 0) is 16.6 Å². The van der Waals surface area contributed by atoms with E-state index in [9.17, 15) is 14.4 Å². The van der Waals surface area contributed by atoms with Crippen LogP contribution >= 0.6 is 11.6 Å². The van der Waals surface area contributed by atoms with Gasteiger partial charge in [0.25, 0.3) is 5.56 Å². The van der Waals surface area contributed by atoms with Gasteiger partial charge in [0.2, 0.25) is 11.8 Å². The summed E-state index contributed by atoms with van der Waals surface area (Å²) in [5.41, 5.74) is 2.41. The maximum absolute atomic E-state index is 12.3. The standard InChI is InChI=1S/C21H23ClN4O3.C2H6/c1-25-21(29)17(7-10-23-25)26-11-8-13(9-12-26)14-3-2-4-15(19(14)22)16-5-6-18(27)24-20(16)28;1-2/h2-4,7,10,13,16H,5-6,8-9,11-12H2,1H3,(H,24,27,28);1-2H3. The molecule has 2 aromatic rings. The molecule has 1 aromatic carbocycles. The molecule has 31 heavy (non-hydrogen) atoms. The van der Waals surface area contributed by atoms with E-state index in [1.165, 1.54) is 4.68 Å². The molecule has 2 aliphatic heterocycles. The molecule has 3 heterocycles. The van der Waals surface area contributed by atoms with Crippen LogP contribution in [0.25, 0.3) is 0 Å². The molecular formula is C23H29ClN4O3. The number of carbonyl (C=O) groups excluding carboxylic acids is 2. The van der Waals surface area contributed by atoms with Gasteiger partial charge in [0.1, 0.15) is 5.69 Å². The lowest BCUT2D eigenvalue weighted by Crippen LogP contribution is -2.39. The Bertz CT molecular complexity index is 1010. The van der Waals surface area contributed by atoms with E-state index in [-0.39, 0.29) is 29.2 Å². The topological polar surface area (TPSA) is 84.3 Å². The van der Waals surface area contributed by atoms with Crippen LogP contribution in [0, 0.1) is 0 Å². The van der Waals surface area contributed by atoms with E-state index in [0.29, 0.717) is 23.6 Å². The third-order valence-corrected chi connectivity index (χ3v) is 6.37. The Morgan fingerprint density at radius 3 is 2.39 bits per heavy atom. The monoisotopic (exact) mass is 444 g/mol. The molecule has 166 valence electrons. The molecule has 2 saturated heterocycles. The molecule has 1 atom stereocenters. The highest BCUT2D eigenvalue weighted by Crippen LogP contribution is 2.39. The largest absolute Gasteiger partial charge is 0.367 e. The zero-order valence-corrected chi connectivity index (χ0v) is 19.0. The Morgan fingerprint density at radius 2 is 1.71 bits per heavy atom. The van der Waals surface area contributed by atoms with Gasteiger partial charge in [-0.25, -0.2) is 4.68 Å². The van der Waals surface area contributed by atoms with Crippen molar-refractivity contribution in [3.8, 4) is 0 Å². The van der Waals surface area contributed by atoms with Gasteiger partial charge >= 0.3 is 0 Å². The van der Waals surface area contributed by atoms with Crippen LogP contribution in [0.4, 0.5) is 5.69 Å². The molecule has 0 saturated carbocycles. The minimum absolute atomic E-state index is 0.0937. The number of aromatic nitrogens is 2. The van der Waals surface area contributed by atoms with Crippen molar-refractivity contribution in [1.29, 1.82) is 0 Å². The van der Waals surface area contributed by atoms with Crippen molar-refractivity contribution in [2.75, 3.05) is 18.0 Å². The van der Waals surface area contributed by atoms with Gasteiger partial charge in [-0.05, 0) is 42.4 Å². The normalized spacial score (nSPS) is 19.5. The number of anilines is 1. The number of aryl methyl sites for hydroxylation is 1. The highest BCUT2D eigenvalue weighted by Gasteiger charge is 2.31. The lowest BCUT2D eigenvalue weighted by molar-refractivity contribution is -0.134. The lowest BCUT2D eigenvalue weighted by atomic mass is 9.84. The Labute approximate surface area is 187 Å². The van der Waals surface area contributed by atoms with E-state index in [2.05, 4.69) is 15.3 Å². The van der Waals surface area contributed by atoms with Crippen molar-refractivity contribution in [2.24, 2.45) is 7.05 Å². The summed E-state index contributed by atoms with van der Waals surface area (Å²) in [5, 5.41) is 7.01. The SMILES string of the molecule is CC.Cn1nccc(N2CCC(c3cccc(C4CCC(=O)NC4=O)c3Cl)CC2)c1=O.